The molecule has 0 spiro atoms. The third-order valence-electron chi connectivity index (χ3n) is 2.27. The third kappa shape index (κ3) is 3.71. The second-order valence-electron chi connectivity index (χ2n) is 3.61. The van der Waals surface area contributed by atoms with Gasteiger partial charge in [0.15, 0.2) is 0 Å². The molecule has 1 aromatic rings. The highest BCUT2D eigenvalue weighted by molar-refractivity contribution is 5.91. The van der Waals surface area contributed by atoms with Crippen molar-refractivity contribution in [2.75, 3.05) is 5.32 Å². The fourth-order valence-electron chi connectivity index (χ4n) is 1.22. The van der Waals surface area contributed by atoms with Gasteiger partial charge < -0.3 is 11.1 Å². The zero-order valence-corrected chi connectivity index (χ0v) is 9.23. The molecular weight excluding hydrogens is 202 g/mol. The molecule has 0 aliphatic rings. The number of anilines is 1. The van der Waals surface area contributed by atoms with Gasteiger partial charge in [0.2, 0.25) is 5.91 Å². The number of amides is 1. The van der Waals surface area contributed by atoms with Gasteiger partial charge in [0, 0.05) is 18.2 Å². The largest absolute Gasteiger partial charge is 0.327 e. The quantitative estimate of drug-likeness (QED) is 0.804. The molecule has 0 saturated carbocycles. The Kier molecular flexibility index (Phi) is 4.49. The zero-order chi connectivity index (χ0) is 12.0. The summed E-state index contributed by atoms with van der Waals surface area (Å²) >= 11 is 0. The van der Waals surface area contributed by atoms with Crippen molar-refractivity contribution in [2.24, 2.45) is 5.73 Å². The number of carbonyl (C=O) groups is 1. The van der Waals surface area contributed by atoms with Crippen LogP contribution in [0.5, 0.6) is 0 Å². The SMILES string of the molecule is CCC(N)CC(=O)Nc1ccc(C#N)cc1. The van der Waals surface area contributed by atoms with E-state index in [9.17, 15) is 4.79 Å². The molecule has 1 aromatic carbocycles. The highest BCUT2D eigenvalue weighted by Gasteiger charge is 2.07. The lowest BCUT2D eigenvalue weighted by molar-refractivity contribution is -0.116. The summed E-state index contributed by atoms with van der Waals surface area (Å²) in [5.41, 5.74) is 6.93. The van der Waals surface area contributed by atoms with Crippen LogP contribution in [0.25, 0.3) is 0 Å². The van der Waals surface area contributed by atoms with E-state index in [1.54, 1.807) is 24.3 Å². The molecule has 3 N–H and O–H groups in total. The van der Waals surface area contributed by atoms with E-state index < -0.39 is 0 Å². The van der Waals surface area contributed by atoms with Gasteiger partial charge in [0.1, 0.15) is 0 Å². The summed E-state index contributed by atoms with van der Waals surface area (Å²) in [5.74, 6) is -0.0981. The molecule has 4 nitrogen and oxygen atoms in total. The van der Waals surface area contributed by atoms with E-state index in [1.807, 2.05) is 13.0 Å². The molecule has 1 atom stereocenters. The average molecular weight is 217 g/mol. The summed E-state index contributed by atoms with van der Waals surface area (Å²) in [6.45, 7) is 1.94. The fraction of sp³-hybridized carbons (Fsp3) is 0.333. The molecule has 0 aromatic heterocycles. The van der Waals surface area contributed by atoms with Gasteiger partial charge in [-0.15, -0.1) is 0 Å². The molecule has 4 heteroatoms. The lowest BCUT2D eigenvalue weighted by Gasteiger charge is -2.09. The minimum absolute atomic E-state index is 0.0981. The summed E-state index contributed by atoms with van der Waals surface area (Å²) in [6, 6.07) is 8.65. The summed E-state index contributed by atoms with van der Waals surface area (Å²) in [5, 5.41) is 11.3. The van der Waals surface area contributed by atoms with Gasteiger partial charge in [-0.3, -0.25) is 4.79 Å². The molecule has 0 heterocycles. The summed E-state index contributed by atoms with van der Waals surface area (Å²) in [4.78, 5) is 11.5. The molecule has 0 aliphatic heterocycles. The lowest BCUT2D eigenvalue weighted by atomic mass is 10.1. The van der Waals surface area contributed by atoms with Gasteiger partial charge in [0.05, 0.1) is 11.6 Å². The van der Waals surface area contributed by atoms with Crippen molar-refractivity contribution in [1.29, 1.82) is 5.26 Å². The van der Waals surface area contributed by atoms with Crippen LogP contribution < -0.4 is 11.1 Å². The van der Waals surface area contributed by atoms with Crippen molar-refractivity contribution in [2.45, 2.75) is 25.8 Å². The first-order valence-corrected chi connectivity index (χ1v) is 5.21. The number of hydrogen-bond acceptors (Lipinski definition) is 3. The van der Waals surface area contributed by atoms with E-state index in [-0.39, 0.29) is 11.9 Å². The second-order valence-corrected chi connectivity index (χ2v) is 3.61. The number of nitrogens with one attached hydrogen (secondary N) is 1. The Hall–Kier alpha value is -1.86. The number of nitrogens with zero attached hydrogens (tertiary/aromatic N) is 1. The maximum Gasteiger partial charge on any atom is 0.225 e. The van der Waals surface area contributed by atoms with E-state index in [0.717, 1.165) is 6.42 Å². The molecule has 0 bridgehead atoms. The Bertz CT molecular complexity index is 392. The number of carbonyl (C=O) groups excluding carboxylic acids is 1. The molecule has 16 heavy (non-hydrogen) atoms. The minimum atomic E-state index is -0.0987. The summed E-state index contributed by atoms with van der Waals surface area (Å²) < 4.78 is 0. The molecule has 1 unspecified atom stereocenters. The normalized spacial score (nSPS) is 11.6. The van der Waals surface area contributed by atoms with E-state index in [4.69, 9.17) is 11.0 Å². The van der Waals surface area contributed by atoms with Gasteiger partial charge in [0.25, 0.3) is 0 Å². The highest BCUT2D eigenvalue weighted by Crippen LogP contribution is 2.09. The van der Waals surface area contributed by atoms with Crippen LogP contribution in [0.15, 0.2) is 24.3 Å². The highest BCUT2D eigenvalue weighted by atomic mass is 16.1. The van der Waals surface area contributed by atoms with Crippen molar-refractivity contribution in [3.8, 4) is 6.07 Å². The van der Waals surface area contributed by atoms with Crippen molar-refractivity contribution in [3.63, 3.8) is 0 Å². The van der Waals surface area contributed by atoms with Gasteiger partial charge in [-0.05, 0) is 30.7 Å². The summed E-state index contributed by atoms with van der Waals surface area (Å²) in [7, 11) is 0. The molecule has 0 radical (unpaired) electrons. The number of nitrogens with two attached hydrogens (primary N) is 1. The molecule has 0 saturated heterocycles. The van der Waals surface area contributed by atoms with Crippen molar-refractivity contribution in [3.05, 3.63) is 29.8 Å². The van der Waals surface area contributed by atoms with Gasteiger partial charge in [-0.2, -0.15) is 5.26 Å². The number of benzene rings is 1. The van der Waals surface area contributed by atoms with Crippen LogP contribution in [-0.4, -0.2) is 11.9 Å². The Morgan fingerprint density at radius 3 is 2.62 bits per heavy atom. The van der Waals surface area contributed by atoms with Gasteiger partial charge >= 0.3 is 0 Å². The molecule has 1 amide bonds. The van der Waals surface area contributed by atoms with E-state index >= 15 is 0 Å². The molecule has 1 rings (SSSR count). The summed E-state index contributed by atoms with van der Waals surface area (Å²) in [6.07, 6.45) is 1.09. The first-order chi connectivity index (χ1) is 7.65. The minimum Gasteiger partial charge on any atom is -0.327 e. The van der Waals surface area contributed by atoms with Crippen LogP contribution in [0, 0.1) is 11.3 Å². The Balaban J connectivity index is 2.53. The monoisotopic (exact) mass is 217 g/mol. The van der Waals surface area contributed by atoms with Gasteiger partial charge in [-0.1, -0.05) is 6.92 Å². The second kappa shape index (κ2) is 5.89. The number of nitriles is 1. The van der Waals surface area contributed by atoms with E-state index in [2.05, 4.69) is 5.32 Å². The predicted octanol–water partition coefficient (Wildman–Crippen LogP) is 1.62. The molecule has 0 aliphatic carbocycles. The van der Waals surface area contributed by atoms with Crippen LogP contribution in [0.2, 0.25) is 0 Å². The standard InChI is InChI=1S/C12H15N3O/c1-2-10(14)7-12(16)15-11-5-3-9(8-13)4-6-11/h3-6,10H,2,7,14H2,1H3,(H,15,16). The van der Waals surface area contributed by atoms with Crippen molar-refractivity contribution < 1.29 is 4.79 Å². The smallest absolute Gasteiger partial charge is 0.225 e. The zero-order valence-electron chi connectivity index (χ0n) is 9.23. The molecular formula is C12H15N3O. The average Bonchev–Trinajstić information content (AvgIpc) is 2.29. The molecule has 0 fully saturated rings. The first kappa shape index (κ1) is 12.2. The van der Waals surface area contributed by atoms with Crippen LogP contribution in [0.4, 0.5) is 5.69 Å². The Labute approximate surface area is 95.1 Å². The van der Waals surface area contributed by atoms with Gasteiger partial charge in [-0.25, -0.2) is 0 Å². The maximum absolute atomic E-state index is 11.5. The van der Waals surface area contributed by atoms with Crippen LogP contribution in [0.3, 0.4) is 0 Å². The topological polar surface area (TPSA) is 78.9 Å². The van der Waals surface area contributed by atoms with E-state index in [1.165, 1.54) is 0 Å². The maximum atomic E-state index is 11.5. The number of hydrogen-bond donors (Lipinski definition) is 2. The fourth-order valence-corrected chi connectivity index (χ4v) is 1.22. The predicted molar refractivity (Wildman–Crippen MR) is 62.7 cm³/mol. The van der Waals surface area contributed by atoms with Crippen LogP contribution >= 0.6 is 0 Å². The molecule has 84 valence electrons. The Morgan fingerprint density at radius 2 is 2.12 bits per heavy atom. The van der Waals surface area contributed by atoms with Crippen molar-refractivity contribution in [1.82, 2.24) is 0 Å². The third-order valence-corrected chi connectivity index (χ3v) is 2.27. The van der Waals surface area contributed by atoms with E-state index in [0.29, 0.717) is 17.7 Å². The van der Waals surface area contributed by atoms with Crippen LogP contribution in [0.1, 0.15) is 25.3 Å². The van der Waals surface area contributed by atoms with Crippen LogP contribution in [-0.2, 0) is 4.79 Å². The first-order valence-electron chi connectivity index (χ1n) is 5.21. The number of rotatable bonds is 4. The Morgan fingerprint density at radius 1 is 1.50 bits per heavy atom. The van der Waals surface area contributed by atoms with Crippen molar-refractivity contribution >= 4 is 11.6 Å². The lowest BCUT2D eigenvalue weighted by Crippen LogP contribution is -2.26.